The molecule has 0 heterocycles. The van der Waals surface area contributed by atoms with Gasteiger partial charge in [0.25, 0.3) is 5.91 Å². The Kier molecular flexibility index (Phi) is 11.1. The van der Waals surface area contributed by atoms with Gasteiger partial charge in [-0.3, -0.25) is 4.79 Å². The summed E-state index contributed by atoms with van der Waals surface area (Å²) in [6.07, 6.45) is -8.73. The average molecular weight is 650 g/mol. The van der Waals surface area contributed by atoms with Gasteiger partial charge in [-0.1, -0.05) is 36.4 Å². The fourth-order valence-electron chi connectivity index (χ4n) is 4.36. The van der Waals surface area contributed by atoms with Gasteiger partial charge >= 0.3 is 12.4 Å². The molecule has 0 saturated heterocycles. The van der Waals surface area contributed by atoms with Crippen LogP contribution < -0.4 is 16.8 Å². The summed E-state index contributed by atoms with van der Waals surface area (Å²) >= 11 is 2.62. The van der Waals surface area contributed by atoms with Crippen molar-refractivity contribution in [1.29, 1.82) is 0 Å². The fourth-order valence-corrected chi connectivity index (χ4v) is 5.99. The van der Waals surface area contributed by atoms with Gasteiger partial charge in [0.1, 0.15) is 0 Å². The highest BCUT2D eigenvalue weighted by Gasteiger charge is 2.32. The van der Waals surface area contributed by atoms with E-state index in [-0.39, 0.29) is 5.56 Å². The van der Waals surface area contributed by atoms with Crippen molar-refractivity contribution in [3.63, 3.8) is 0 Å². The minimum Gasteiger partial charge on any atom is -0.330 e. The second-order valence-corrected chi connectivity index (χ2v) is 12.0. The van der Waals surface area contributed by atoms with Crippen LogP contribution in [0.3, 0.4) is 0 Å². The third-order valence-corrected chi connectivity index (χ3v) is 8.77. The van der Waals surface area contributed by atoms with Crippen molar-refractivity contribution in [2.75, 3.05) is 29.9 Å². The minimum atomic E-state index is -4.60. The third kappa shape index (κ3) is 8.81. The fraction of sp³-hybridized carbons (Fsp3) is 0.219. The normalized spacial score (nSPS) is 11.9. The predicted molar refractivity (Wildman–Crippen MR) is 165 cm³/mol. The number of carbonyl (C=O) groups excluding carboxylic acids is 1. The van der Waals surface area contributed by atoms with Crippen molar-refractivity contribution in [3.8, 4) is 11.1 Å². The number of hydrogen-bond acceptors (Lipinski definition) is 5. The summed E-state index contributed by atoms with van der Waals surface area (Å²) in [4.78, 5) is 14.1. The van der Waals surface area contributed by atoms with E-state index in [0.717, 1.165) is 39.8 Å². The number of benzene rings is 4. The van der Waals surface area contributed by atoms with Crippen molar-refractivity contribution in [1.82, 2.24) is 0 Å². The molecule has 0 aliphatic rings. The van der Waals surface area contributed by atoms with Gasteiger partial charge < -0.3 is 16.8 Å². The number of nitrogens with two attached hydrogens (primary N) is 2. The minimum absolute atomic E-state index is 0.0942. The van der Waals surface area contributed by atoms with E-state index in [0.29, 0.717) is 47.2 Å². The van der Waals surface area contributed by atoms with E-state index in [1.165, 1.54) is 41.7 Å². The monoisotopic (exact) mass is 649 g/mol. The van der Waals surface area contributed by atoms with Crippen LogP contribution in [0.1, 0.15) is 32.6 Å². The van der Waals surface area contributed by atoms with Crippen molar-refractivity contribution in [2.24, 2.45) is 11.5 Å². The second-order valence-electron chi connectivity index (χ2n) is 9.71. The Labute approximate surface area is 259 Å². The van der Waals surface area contributed by atoms with E-state index < -0.39 is 29.4 Å². The van der Waals surface area contributed by atoms with Crippen molar-refractivity contribution < 1.29 is 31.1 Å². The number of rotatable bonds is 11. The number of halogens is 6. The van der Waals surface area contributed by atoms with Crippen LogP contribution >= 0.6 is 23.5 Å². The Bertz CT molecular complexity index is 1570. The van der Waals surface area contributed by atoms with Crippen LogP contribution in [-0.2, 0) is 18.8 Å². The Morgan fingerprint density at radius 2 is 1.16 bits per heavy atom. The summed E-state index contributed by atoms with van der Waals surface area (Å²) in [5.74, 6) is 0.349. The number of thioether (sulfide) groups is 2. The van der Waals surface area contributed by atoms with Crippen LogP contribution in [0.4, 0.5) is 32.0 Å². The van der Waals surface area contributed by atoms with Gasteiger partial charge in [0, 0.05) is 40.1 Å². The van der Waals surface area contributed by atoms with Gasteiger partial charge in [0.2, 0.25) is 0 Å². The van der Waals surface area contributed by atoms with Gasteiger partial charge in [0.05, 0.1) is 16.7 Å². The van der Waals surface area contributed by atoms with Gasteiger partial charge in [-0.15, -0.1) is 23.5 Å². The van der Waals surface area contributed by atoms with Gasteiger partial charge in [-0.25, -0.2) is 0 Å². The molecule has 0 aromatic heterocycles. The first-order chi connectivity index (χ1) is 20.9. The van der Waals surface area contributed by atoms with E-state index >= 15 is 0 Å². The maximum atomic E-state index is 13.3. The lowest BCUT2D eigenvalue weighted by Crippen LogP contribution is -2.15. The maximum Gasteiger partial charge on any atom is 0.416 e. The Balaban J connectivity index is 1.49. The molecule has 0 atom stereocenters. The lowest BCUT2D eigenvalue weighted by molar-refractivity contribution is -0.138. The molecule has 4 aromatic rings. The largest absolute Gasteiger partial charge is 0.416 e. The van der Waals surface area contributed by atoms with Crippen LogP contribution in [0.15, 0.2) is 94.7 Å². The van der Waals surface area contributed by atoms with Crippen LogP contribution in [0, 0.1) is 0 Å². The first kappa shape index (κ1) is 33.4. The molecule has 4 rings (SSSR count). The summed E-state index contributed by atoms with van der Waals surface area (Å²) in [6.45, 7) is 0.706. The molecule has 0 aliphatic carbocycles. The molecule has 5 N–H and O–H groups in total. The first-order valence-corrected chi connectivity index (χ1v) is 15.4. The molecule has 232 valence electrons. The average Bonchev–Trinajstić information content (AvgIpc) is 2.99. The summed E-state index contributed by atoms with van der Waals surface area (Å²) in [5.41, 5.74) is 12.8. The zero-order valence-electron chi connectivity index (χ0n) is 23.3. The molecule has 0 fully saturated rings. The van der Waals surface area contributed by atoms with E-state index in [1.807, 2.05) is 24.3 Å². The number of alkyl halides is 6. The standard InChI is InChI=1S/C32H29F6N3OS2/c33-31(34,35)24-7-11-28(43-15-13-39)23(18-24)17-20-1-3-21(4-2-20)22-5-9-26(10-6-22)41-30(42)27-19-25(32(36,37)38)8-12-29(27)44-16-14-40/h1-12,18-19H,13-17,39-40H2,(H,41,42). The SMILES string of the molecule is NCCSc1ccc(C(F)(F)F)cc1Cc1ccc(-c2ccc(NC(=O)c3cc(C(F)(F)F)ccc3SCCN)cc2)cc1. The Hall–Kier alpha value is -3.45. The lowest BCUT2D eigenvalue weighted by atomic mass is 9.99. The predicted octanol–water partition coefficient (Wildman–Crippen LogP) is 8.34. The molecule has 0 saturated carbocycles. The summed E-state index contributed by atoms with van der Waals surface area (Å²) in [6, 6.07) is 21.0. The number of carbonyl (C=O) groups is 1. The topological polar surface area (TPSA) is 81.1 Å². The van der Waals surface area contributed by atoms with Crippen LogP contribution in [0.2, 0.25) is 0 Å². The Morgan fingerprint density at radius 3 is 1.70 bits per heavy atom. The zero-order valence-corrected chi connectivity index (χ0v) is 24.9. The highest BCUT2D eigenvalue weighted by atomic mass is 32.2. The maximum absolute atomic E-state index is 13.3. The van der Waals surface area contributed by atoms with Crippen molar-refractivity contribution in [3.05, 3.63) is 113 Å². The molecule has 4 aromatic carbocycles. The van der Waals surface area contributed by atoms with Gasteiger partial charge in [-0.05, 0) is 77.2 Å². The van der Waals surface area contributed by atoms with Gasteiger partial charge in [-0.2, -0.15) is 26.3 Å². The number of amides is 1. The molecule has 12 heteroatoms. The van der Waals surface area contributed by atoms with Crippen molar-refractivity contribution >= 4 is 35.1 Å². The van der Waals surface area contributed by atoms with Crippen LogP contribution in [0.5, 0.6) is 0 Å². The number of nitrogens with one attached hydrogen (secondary N) is 1. The van der Waals surface area contributed by atoms with E-state index in [2.05, 4.69) is 5.32 Å². The van der Waals surface area contributed by atoms with Crippen molar-refractivity contribution in [2.45, 2.75) is 28.6 Å². The molecule has 0 unspecified atom stereocenters. The lowest BCUT2D eigenvalue weighted by Gasteiger charge is -2.14. The molecular formula is C32H29F6N3OS2. The molecule has 0 bridgehead atoms. The highest BCUT2D eigenvalue weighted by Crippen LogP contribution is 2.35. The van der Waals surface area contributed by atoms with E-state index in [1.54, 1.807) is 24.3 Å². The second kappa shape index (κ2) is 14.6. The molecule has 1 amide bonds. The van der Waals surface area contributed by atoms with E-state index in [9.17, 15) is 31.1 Å². The third-order valence-electron chi connectivity index (χ3n) is 6.51. The van der Waals surface area contributed by atoms with Crippen LogP contribution in [0.25, 0.3) is 11.1 Å². The van der Waals surface area contributed by atoms with Crippen LogP contribution in [-0.4, -0.2) is 30.5 Å². The number of hydrogen-bond donors (Lipinski definition) is 3. The molecule has 44 heavy (non-hydrogen) atoms. The summed E-state index contributed by atoms with van der Waals surface area (Å²) < 4.78 is 79.9. The molecule has 4 nitrogen and oxygen atoms in total. The van der Waals surface area contributed by atoms with Gasteiger partial charge in [0.15, 0.2) is 0 Å². The molecule has 0 radical (unpaired) electrons. The molecular weight excluding hydrogens is 620 g/mol. The quantitative estimate of drug-likeness (QED) is 0.112. The molecule has 0 aliphatic heterocycles. The first-order valence-electron chi connectivity index (χ1n) is 13.5. The zero-order chi connectivity index (χ0) is 31.9. The highest BCUT2D eigenvalue weighted by molar-refractivity contribution is 7.99. The van der Waals surface area contributed by atoms with E-state index in [4.69, 9.17) is 11.5 Å². The summed E-state index contributed by atoms with van der Waals surface area (Å²) in [5, 5.41) is 2.66. The molecule has 0 spiro atoms. The summed E-state index contributed by atoms with van der Waals surface area (Å²) in [7, 11) is 0. The Morgan fingerprint density at radius 1 is 0.659 bits per heavy atom. The smallest absolute Gasteiger partial charge is 0.330 e. The number of anilines is 1.